The summed E-state index contributed by atoms with van der Waals surface area (Å²) in [5, 5.41) is 22.4. The SMILES string of the molecule is CC(C)(C)OC(=O)NCC(=O)OCCCCC#Cc1cn([C@H]2CC(O)[C@@H](CO)O2)c2ncnc(N)c12. The summed E-state index contributed by atoms with van der Waals surface area (Å²) in [7, 11) is 0. The number of amides is 1. The molecule has 1 aliphatic rings. The molecule has 1 fully saturated rings. The van der Waals surface area contributed by atoms with Crippen LogP contribution in [0.2, 0.25) is 0 Å². The smallest absolute Gasteiger partial charge is 0.408 e. The molecular weight excluding hydrogens is 470 g/mol. The van der Waals surface area contributed by atoms with Crippen LogP contribution in [0.1, 0.15) is 58.2 Å². The number of rotatable bonds is 8. The van der Waals surface area contributed by atoms with Crippen molar-refractivity contribution in [1.82, 2.24) is 19.9 Å². The molecule has 2 aromatic heterocycles. The number of nitrogens with zero attached hydrogens (tertiary/aromatic N) is 3. The van der Waals surface area contributed by atoms with Crippen LogP contribution in [0.5, 0.6) is 0 Å². The summed E-state index contributed by atoms with van der Waals surface area (Å²) in [6, 6.07) is 0. The number of alkyl carbamates (subject to hydrolysis) is 1. The van der Waals surface area contributed by atoms with E-state index >= 15 is 0 Å². The Bertz CT molecular complexity index is 1130. The summed E-state index contributed by atoms with van der Waals surface area (Å²) in [5.41, 5.74) is 6.61. The van der Waals surface area contributed by atoms with E-state index < -0.39 is 36.1 Å². The zero-order valence-electron chi connectivity index (χ0n) is 20.7. The predicted octanol–water partition coefficient (Wildman–Crippen LogP) is 1.24. The molecule has 196 valence electrons. The van der Waals surface area contributed by atoms with Crippen molar-refractivity contribution in [2.75, 3.05) is 25.5 Å². The molecule has 2 aromatic rings. The van der Waals surface area contributed by atoms with Crippen LogP contribution >= 0.6 is 0 Å². The Kier molecular flexibility index (Phi) is 9.08. The number of nitrogen functional groups attached to an aromatic ring is 1. The highest BCUT2D eigenvalue weighted by molar-refractivity contribution is 5.92. The summed E-state index contributed by atoms with van der Waals surface area (Å²) in [6.45, 7) is 4.87. The maximum atomic E-state index is 11.7. The average molecular weight is 504 g/mol. The molecule has 12 heteroatoms. The Morgan fingerprint density at radius 1 is 1.33 bits per heavy atom. The number of aromatic nitrogens is 3. The number of anilines is 1. The Morgan fingerprint density at radius 2 is 2.11 bits per heavy atom. The van der Waals surface area contributed by atoms with Crippen LogP contribution in [0.25, 0.3) is 11.0 Å². The maximum Gasteiger partial charge on any atom is 0.408 e. The van der Waals surface area contributed by atoms with Crippen molar-refractivity contribution >= 4 is 28.9 Å². The third-order valence-corrected chi connectivity index (χ3v) is 5.29. The lowest BCUT2D eigenvalue weighted by Crippen LogP contribution is -2.36. The molecule has 0 saturated carbocycles. The van der Waals surface area contributed by atoms with E-state index in [1.54, 1.807) is 31.5 Å². The molecular formula is C24H33N5O7. The molecule has 0 spiro atoms. The van der Waals surface area contributed by atoms with Gasteiger partial charge in [-0.15, -0.1) is 0 Å². The molecule has 1 saturated heterocycles. The lowest BCUT2D eigenvalue weighted by molar-refractivity contribution is -0.142. The molecule has 3 heterocycles. The van der Waals surface area contributed by atoms with Crippen molar-refractivity contribution in [3.63, 3.8) is 0 Å². The minimum atomic E-state index is -0.784. The number of nitrogens with one attached hydrogen (secondary N) is 1. The molecule has 3 rings (SSSR count). The van der Waals surface area contributed by atoms with Gasteiger partial charge >= 0.3 is 12.1 Å². The zero-order chi connectivity index (χ0) is 26.3. The van der Waals surface area contributed by atoms with Crippen molar-refractivity contribution in [3.8, 4) is 11.8 Å². The highest BCUT2D eigenvalue weighted by Gasteiger charge is 2.35. The Balaban J connectivity index is 1.49. The second-order valence-corrected chi connectivity index (χ2v) is 9.36. The van der Waals surface area contributed by atoms with E-state index in [-0.39, 0.29) is 25.6 Å². The number of hydrogen-bond donors (Lipinski definition) is 4. The fourth-order valence-corrected chi connectivity index (χ4v) is 3.64. The van der Waals surface area contributed by atoms with Crippen molar-refractivity contribution < 1.29 is 34.0 Å². The lowest BCUT2D eigenvalue weighted by Gasteiger charge is -2.19. The van der Waals surface area contributed by atoms with Crippen LogP contribution in [0.4, 0.5) is 10.6 Å². The van der Waals surface area contributed by atoms with Crippen LogP contribution in [-0.4, -0.2) is 74.4 Å². The monoisotopic (exact) mass is 503 g/mol. The normalized spacial score (nSPS) is 19.5. The third kappa shape index (κ3) is 7.30. The molecule has 1 aliphatic heterocycles. The molecule has 36 heavy (non-hydrogen) atoms. The number of carbonyl (C=O) groups excluding carboxylic acids is 2. The number of ether oxygens (including phenoxy) is 3. The number of fused-ring (bicyclic) bond motifs is 1. The van der Waals surface area contributed by atoms with Gasteiger partial charge in [-0.1, -0.05) is 11.8 Å². The quantitative estimate of drug-likeness (QED) is 0.233. The Hall–Kier alpha value is -3.40. The van der Waals surface area contributed by atoms with Gasteiger partial charge < -0.3 is 40.0 Å². The standard InChI is InChI=1S/C24H33N5O7/c1-24(2,3)36-23(33)26-11-19(32)34-9-7-5-4-6-8-15-12-29(18-10-16(31)17(13-30)35-18)22-20(15)21(25)27-14-28-22/h12,14,16-18,30-31H,4-5,7,9-11,13H2,1-3H3,(H,26,33)(H2,25,27,28)/t16?,17-,18-/m1/s1. The highest BCUT2D eigenvalue weighted by atomic mass is 16.6. The predicted molar refractivity (Wildman–Crippen MR) is 129 cm³/mol. The zero-order valence-corrected chi connectivity index (χ0v) is 20.7. The number of nitrogens with two attached hydrogens (primary N) is 1. The van der Waals surface area contributed by atoms with Crippen LogP contribution in [0.3, 0.4) is 0 Å². The maximum absolute atomic E-state index is 11.7. The fourth-order valence-electron chi connectivity index (χ4n) is 3.64. The summed E-state index contributed by atoms with van der Waals surface area (Å²) < 4.78 is 17.7. The highest BCUT2D eigenvalue weighted by Crippen LogP contribution is 2.33. The van der Waals surface area contributed by atoms with Gasteiger partial charge in [-0.25, -0.2) is 14.8 Å². The fraction of sp³-hybridized carbons (Fsp3) is 0.583. The first kappa shape index (κ1) is 27.2. The van der Waals surface area contributed by atoms with Crippen LogP contribution in [0, 0.1) is 11.8 Å². The third-order valence-electron chi connectivity index (χ3n) is 5.29. The molecule has 0 aliphatic carbocycles. The minimum Gasteiger partial charge on any atom is -0.464 e. The van der Waals surface area contributed by atoms with E-state index in [4.69, 9.17) is 19.9 Å². The first-order valence-electron chi connectivity index (χ1n) is 11.8. The summed E-state index contributed by atoms with van der Waals surface area (Å²) in [4.78, 5) is 31.6. The van der Waals surface area contributed by atoms with Gasteiger partial charge in [0.1, 0.15) is 42.3 Å². The van der Waals surface area contributed by atoms with Crippen molar-refractivity contribution in [2.24, 2.45) is 0 Å². The second-order valence-electron chi connectivity index (χ2n) is 9.36. The largest absolute Gasteiger partial charge is 0.464 e. The van der Waals surface area contributed by atoms with E-state index in [0.717, 1.165) is 0 Å². The van der Waals surface area contributed by atoms with Crippen LogP contribution < -0.4 is 11.1 Å². The van der Waals surface area contributed by atoms with Gasteiger partial charge in [-0.2, -0.15) is 0 Å². The molecule has 12 nitrogen and oxygen atoms in total. The lowest BCUT2D eigenvalue weighted by atomic mass is 10.2. The first-order valence-corrected chi connectivity index (χ1v) is 11.8. The minimum absolute atomic E-state index is 0.212. The van der Waals surface area contributed by atoms with Gasteiger partial charge in [-0.3, -0.25) is 4.79 Å². The molecule has 5 N–H and O–H groups in total. The Labute approximate surface area is 209 Å². The molecule has 0 radical (unpaired) electrons. The molecule has 3 atom stereocenters. The van der Waals surface area contributed by atoms with Crippen molar-refractivity contribution in [2.45, 2.75) is 70.5 Å². The number of hydrogen-bond acceptors (Lipinski definition) is 10. The number of aliphatic hydroxyl groups is 2. The number of carbonyl (C=O) groups is 2. The summed E-state index contributed by atoms with van der Waals surface area (Å²) >= 11 is 0. The van der Waals surface area contributed by atoms with Crippen molar-refractivity contribution in [3.05, 3.63) is 18.1 Å². The van der Waals surface area contributed by atoms with Crippen LogP contribution in [0.15, 0.2) is 12.5 Å². The number of aliphatic hydroxyl groups excluding tert-OH is 2. The first-order chi connectivity index (χ1) is 17.1. The van der Waals surface area contributed by atoms with Gasteiger partial charge in [0.15, 0.2) is 0 Å². The molecule has 0 bridgehead atoms. The van der Waals surface area contributed by atoms with Gasteiger partial charge in [0.05, 0.1) is 30.3 Å². The van der Waals surface area contributed by atoms with Gasteiger partial charge in [0.25, 0.3) is 0 Å². The number of unbranched alkanes of at least 4 members (excludes halogenated alkanes) is 2. The van der Waals surface area contributed by atoms with E-state index in [9.17, 15) is 19.8 Å². The molecule has 1 amide bonds. The number of esters is 1. The van der Waals surface area contributed by atoms with E-state index in [2.05, 4.69) is 27.1 Å². The Morgan fingerprint density at radius 3 is 2.81 bits per heavy atom. The summed E-state index contributed by atoms with van der Waals surface area (Å²) in [6.07, 6.45) is 2.64. The van der Waals surface area contributed by atoms with E-state index in [1.165, 1.54) is 6.33 Å². The van der Waals surface area contributed by atoms with Crippen LogP contribution in [-0.2, 0) is 19.0 Å². The van der Waals surface area contributed by atoms with Gasteiger partial charge in [0.2, 0.25) is 0 Å². The average Bonchev–Trinajstić information content (AvgIpc) is 3.36. The molecule has 1 unspecified atom stereocenters. The van der Waals surface area contributed by atoms with Gasteiger partial charge in [-0.05, 0) is 33.6 Å². The van der Waals surface area contributed by atoms with Gasteiger partial charge in [0, 0.05) is 19.0 Å². The second kappa shape index (κ2) is 12.0. The molecule has 0 aromatic carbocycles. The summed E-state index contributed by atoms with van der Waals surface area (Å²) in [5.74, 6) is 5.92. The topological polar surface area (TPSA) is 171 Å². The van der Waals surface area contributed by atoms with E-state index in [0.29, 0.717) is 42.3 Å². The van der Waals surface area contributed by atoms with Crippen molar-refractivity contribution in [1.29, 1.82) is 0 Å². The van der Waals surface area contributed by atoms with E-state index in [1.807, 2.05) is 0 Å².